The van der Waals surface area contributed by atoms with Crippen molar-refractivity contribution in [2.24, 2.45) is 0 Å². The Bertz CT molecular complexity index is 394. The molecule has 1 atom stereocenters. The standard InChI is InChI=1S/C12H19N5/c13-11-7-12(15-9-14-11)17-6-5-16-4-2-1-3-10(16)8-17/h7,9-10H,1-6,8H2,(H2,13,14,15). The molecule has 5 nitrogen and oxygen atoms in total. The van der Waals surface area contributed by atoms with E-state index in [0.29, 0.717) is 11.9 Å². The molecule has 0 saturated carbocycles. The second kappa shape index (κ2) is 4.49. The van der Waals surface area contributed by atoms with Crippen LogP contribution < -0.4 is 10.6 Å². The van der Waals surface area contributed by atoms with Crippen molar-refractivity contribution in [1.29, 1.82) is 0 Å². The Morgan fingerprint density at radius 2 is 2.12 bits per heavy atom. The molecule has 5 heteroatoms. The van der Waals surface area contributed by atoms with E-state index in [2.05, 4.69) is 19.8 Å². The van der Waals surface area contributed by atoms with E-state index in [-0.39, 0.29) is 0 Å². The Kier molecular flexibility index (Phi) is 2.84. The fourth-order valence-corrected chi connectivity index (χ4v) is 2.90. The molecular formula is C12H19N5. The fourth-order valence-electron chi connectivity index (χ4n) is 2.90. The van der Waals surface area contributed by atoms with E-state index in [1.807, 2.05) is 6.07 Å². The minimum Gasteiger partial charge on any atom is -0.384 e. The summed E-state index contributed by atoms with van der Waals surface area (Å²) >= 11 is 0. The molecule has 2 aliphatic rings. The van der Waals surface area contributed by atoms with Crippen LogP contribution in [0.25, 0.3) is 0 Å². The summed E-state index contributed by atoms with van der Waals surface area (Å²) < 4.78 is 0. The van der Waals surface area contributed by atoms with Gasteiger partial charge in [-0.2, -0.15) is 0 Å². The number of nitrogen functional groups attached to an aromatic ring is 1. The van der Waals surface area contributed by atoms with Gasteiger partial charge in [0.15, 0.2) is 0 Å². The van der Waals surface area contributed by atoms with E-state index in [1.165, 1.54) is 25.8 Å². The third-order valence-electron chi connectivity index (χ3n) is 3.84. The second-order valence-electron chi connectivity index (χ2n) is 4.93. The molecule has 17 heavy (non-hydrogen) atoms. The lowest BCUT2D eigenvalue weighted by molar-refractivity contribution is 0.133. The number of nitrogens with zero attached hydrogens (tertiary/aromatic N) is 4. The van der Waals surface area contributed by atoms with Crippen LogP contribution >= 0.6 is 0 Å². The number of hydrogen-bond donors (Lipinski definition) is 1. The Balaban J connectivity index is 1.73. The first-order valence-electron chi connectivity index (χ1n) is 6.39. The van der Waals surface area contributed by atoms with Crippen LogP contribution in [-0.2, 0) is 0 Å². The molecule has 2 fully saturated rings. The summed E-state index contributed by atoms with van der Waals surface area (Å²) in [5.74, 6) is 1.53. The van der Waals surface area contributed by atoms with Crippen LogP contribution in [0.15, 0.2) is 12.4 Å². The zero-order valence-corrected chi connectivity index (χ0v) is 10.0. The van der Waals surface area contributed by atoms with Gasteiger partial charge in [0.2, 0.25) is 0 Å². The smallest absolute Gasteiger partial charge is 0.134 e. The van der Waals surface area contributed by atoms with Gasteiger partial charge in [-0.15, -0.1) is 0 Å². The van der Waals surface area contributed by atoms with Gasteiger partial charge in [0.25, 0.3) is 0 Å². The number of piperidine rings is 1. The van der Waals surface area contributed by atoms with E-state index >= 15 is 0 Å². The summed E-state index contributed by atoms with van der Waals surface area (Å²) in [6.45, 7) is 4.54. The highest BCUT2D eigenvalue weighted by Crippen LogP contribution is 2.24. The third kappa shape index (κ3) is 2.20. The second-order valence-corrected chi connectivity index (χ2v) is 4.93. The van der Waals surface area contributed by atoms with Crippen LogP contribution in [0.1, 0.15) is 19.3 Å². The minimum atomic E-state index is 0.557. The van der Waals surface area contributed by atoms with Gasteiger partial charge in [-0.25, -0.2) is 9.97 Å². The lowest BCUT2D eigenvalue weighted by atomic mass is 9.99. The average Bonchev–Trinajstić information content (AvgIpc) is 2.38. The molecule has 1 aromatic heterocycles. The van der Waals surface area contributed by atoms with Crippen LogP contribution in [0.4, 0.5) is 11.6 Å². The maximum Gasteiger partial charge on any atom is 0.134 e. The molecule has 0 aromatic carbocycles. The predicted molar refractivity (Wildman–Crippen MR) is 67.9 cm³/mol. The number of aromatic nitrogens is 2. The first kappa shape index (κ1) is 10.8. The van der Waals surface area contributed by atoms with E-state index in [4.69, 9.17) is 5.73 Å². The van der Waals surface area contributed by atoms with Crippen molar-refractivity contribution in [2.45, 2.75) is 25.3 Å². The zero-order valence-electron chi connectivity index (χ0n) is 10.0. The van der Waals surface area contributed by atoms with Crippen LogP contribution in [0, 0.1) is 0 Å². The van der Waals surface area contributed by atoms with Crippen molar-refractivity contribution in [3.63, 3.8) is 0 Å². The van der Waals surface area contributed by atoms with Gasteiger partial charge in [-0.05, 0) is 19.4 Å². The van der Waals surface area contributed by atoms with Gasteiger partial charge in [0.1, 0.15) is 18.0 Å². The normalized spacial score (nSPS) is 25.6. The van der Waals surface area contributed by atoms with Crippen LogP contribution in [-0.4, -0.2) is 47.1 Å². The SMILES string of the molecule is Nc1cc(N2CCN3CCCCC3C2)ncn1. The highest BCUT2D eigenvalue weighted by Gasteiger charge is 2.29. The largest absolute Gasteiger partial charge is 0.384 e. The zero-order chi connectivity index (χ0) is 11.7. The van der Waals surface area contributed by atoms with E-state index < -0.39 is 0 Å². The topological polar surface area (TPSA) is 58.3 Å². The number of nitrogens with two attached hydrogens (primary N) is 1. The van der Waals surface area contributed by atoms with E-state index in [1.54, 1.807) is 6.33 Å². The number of fused-ring (bicyclic) bond motifs is 1. The molecule has 1 unspecified atom stereocenters. The molecule has 1 aromatic rings. The molecule has 0 radical (unpaired) electrons. The van der Waals surface area contributed by atoms with E-state index in [9.17, 15) is 0 Å². The average molecular weight is 233 g/mol. The number of rotatable bonds is 1. The van der Waals surface area contributed by atoms with Crippen LogP contribution in [0.3, 0.4) is 0 Å². The summed E-state index contributed by atoms with van der Waals surface area (Å²) in [4.78, 5) is 13.2. The van der Waals surface area contributed by atoms with Gasteiger partial charge in [0.05, 0.1) is 0 Å². The van der Waals surface area contributed by atoms with Crippen LogP contribution in [0.2, 0.25) is 0 Å². The fraction of sp³-hybridized carbons (Fsp3) is 0.667. The first-order valence-corrected chi connectivity index (χ1v) is 6.39. The lowest BCUT2D eigenvalue weighted by Gasteiger charge is -2.44. The molecule has 92 valence electrons. The van der Waals surface area contributed by atoms with Gasteiger partial charge < -0.3 is 10.6 Å². The Morgan fingerprint density at radius 3 is 3.00 bits per heavy atom. The Hall–Kier alpha value is -1.36. The van der Waals surface area contributed by atoms with Gasteiger partial charge in [0, 0.05) is 31.7 Å². The van der Waals surface area contributed by atoms with Gasteiger partial charge in [-0.1, -0.05) is 6.42 Å². The number of hydrogen-bond acceptors (Lipinski definition) is 5. The van der Waals surface area contributed by atoms with Crippen molar-refractivity contribution in [1.82, 2.24) is 14.9 Å². The predicted octanol–water partition coefficient (Wildman–Crippen LogP) is 0.733. The van der Waals surface area contributed by atoms with Crippen molar-refractivity contribution in [3.8, 4) is 0 Å². The summed E-state index contributed by atoms with van der Waals surface area (Å²) in [5, 5.41) is 0. The lowest BCUT2D eigenvalue weighted by Crippen LogP contribution is -2.55. The van der Waals surface area contributed by atoms with Gasteiger partial charge in [-0.3, -0.25) is 4.90 Å². The molecule has 2 saturated heterocycles. The minimum absolute atomic E-state index is 0.557. The molecule has 3 rings (SSSR count). The summed E-state index contributed by atoms with van der Waals surface area (Å²) in [5.41, 5.74) is 5.71. The Labute approximate surface area is 102 Å². The van der Waals surface area contributed by atoms with Crippen molar-refractivity contribution >= 4 is 11.6 Å². The molecule has 0 aliphatic carbocycles. The molecule has 2 N–H and O–H groups in total. The van der Waals surface area contributed by atoms with E-state index in [0.717, 1.165) is 25.5 Å². The Morgan fingerprint density at radius 1 is 1.18 bits per heavy atom. The first-order chi connectivity index (χ1) is 8.33. The molecule has 0 spiro atoms. The summed E-state index contributed by atoms with van der Waals surface area (Å²) in [7, 11) is 0. The van der Waals surface area contributed by atoms with Crippen molar-refractivity contribution in [3.05, 3.63) is 12.4 Å². The molecule has 3 heterocycles. The third-order valence-corrected chi connectivity index (χ3v) is 3.84. The highest BCUT2D eigenvalue weighted by molar-refractivity contribution is 5.46. The van der Waals surface area contributed by atoms with Gasteiger partial charge >= 0.3 is 0 Å². The quantitative estimate of drug-likeness (QED) is 0.775. The number of anilines is 2. The highest BCUT2D eigenvalue weighted by atomic mass is 15.3. The molecule has 0 bridgehead atoms. The number of piperazine rings is 1. The molecule has 0 amide bonds. The van der Waals surface area contributed by atoms with Crippen molar-refractivity contribution in [2.75, 3.05) is 36.8 Å². The monoisotopic (exact) mass is 233 g/mol. The summed E-state index contributed by atoms with van der Waals surface area (Å²) in [6.07, 6.45) is 5.59. The van der Waals surface area contributed by atoms with Crippen LogP contribution in [0.5, 0.6) is 0 Å². The summed E-state index contributed by atoms with van der Waals surface area (Å²) in [6, 6.07) is 2.58. The maximum absolute atomic E-state index is 5.71. The van der Waals surface area contributed by atoms with Crippen molar-refractivity contribution < 1.29 is 0 Å². The molecular weight excluding hydrogens is 214 g/mol. The molecule has 2 aliphatic heterocycles. The maximum atomic E-state index is 5.71.